The minimum atomic E-state index is -0.0109. The van der Waals surface area contributed by atoms with E-state index in [9.17, 15) is 4.79 Å². The minimum Gasteiger partial charge on any atom is -0.491 e. The SMILES string of the molecule is O=C(Nc1ccccc1OCC1CC1)N1CCCC1CN1CCOCC1. The molecule has 1 aromatic rings. The van der Waals surface area contributed by atoms with Gasteiger partial charge in [0, 0.05) is 32.2 Å². The van der Waals surface area contributed by atoms with E-state index in [0.29, 0.717) is 5.92 Å². The fourth-order valence-corrected chi connectivity index (χ4v) is 3.75. The number of ether oxygens (including phenoxy) is 2. The van der Waals surface area contributed by atoms with Crippen molar-refractivity contribution in [1.29, 1.82) is 0 Å². The van der Waals surface area contributed by atoms with E-state index in [1.807, 2.05) is 29.2 Å². The number of morpholine rings is 1. The van der Waals surface area contributed by atoms with Gasteiger partial charge in [-0.15, -0.1) is 0 Å². The largest absolute Gasteiger partial charge is 0.491 e. The zero-order chi connectivity index (χ0) is 17.8. The van der Waals surface area contributed by atoms with E-state index < -0.39 is 0 Å². The number of urea groups is 1. The van der Waals surface area contributed by atoms with Crippen LogP contribution in [0.15, 0.2) is 24.3 Å². The molecule has 0 bridgehead atoms. The Hall–Kier alpha value is -1.79. The van der Waals surface area contributed by atoms with Gasteiger partial charge in [-0.25, -0.2) is 4.79 Å². The van der Waals surface area contributed by atoms with E-state index in [0.717, 1.165) is 70.3 Å². The highest BCUT2D eigenvalue weighted by Gasteiger charge is 2.31. The third-order valence-corrected chi connectivity index (χ3v) is 5.51. The van der Waals surface area contributed by atoms with Crippen molar-refractivity contribution in [3.8, 4) is 5.75 Å². The zero-order valence-electron chi connectivity index (χ0n) is 15.4. The van der Waals surface area contributed by atoms with Gasteiger partial charge < -0.3 is 19.7 Å². The lowest BCUT2D eigenvalue weighted by Crippen LogP contribution is -2.47. The number of anilines is 1. The quantitative estimate of drug-likeness (QED) is 0.849. The van der Waals surface area contributed by atoms with Crippen LogP contribution in [-0.2, 0) is 4.74 Å². The normalized spacial score (nSPS) is 23.8. The van der Waals surface area contributed by atoms with E-state index in [4.69, 9.17) is 9.47 Å². The number of amides is 2. The molecule has 2 amide bonds. The summed E-state index contributed by atoms with van der Waals surface area (Å²) in [6.07, 6.45) is 4.66. The maximum atomic E-state index is 12.9. The van der Waals surface area contributed by atoms with Crippen molar-refractivity contribution in [3.05, 3.63) is 24.3 Å². The van der Waals surface area contributed by atoms with Gasteiger partial charge in [0.05, 0.1) is 25.5 Å². The number of carbonyl (C=O) groups is 1. The average Bonchev–Trinajstić information content (AvgIpc) is 3.39. The van der Waals surface area contributed by atoms with Crippen molar-refractivity contribution in [3.63, 3.8) is 0 Å². The Balaban J connectivity index is 1.35. The first-order chi connectivity index (χ1) is 12.8. The molecular formula is C20H29N3O3. The molecule has 4 rings (SSSR count). The van der Waals surface area contributed by atoms with Gasteiger partial charge in [0.1, 0.15) is 5.75 Å². The molecule has 3 aliphatic rings. The second-order valence-corrected chi connectivity index (χ2v) is 7.58. The number of nitrogens with zero attached hydrogens (tertiary/aromatic N) is 2. The molecule has 1 unspecified atom stereocenters. The van der Waals surface area contributed by atoms with Gasteiger partial charge in [0.25, 0.3) is 0 Å². The Morgan fingerprint density at radius 1 is 1.15 bits per heavy atom. The molecule has 1 N–H and O–H groups in total. The highest BCUT2D eigenvalue weighted by molar-refractivity contribution is 5.91. The highest BCUT2D eigenvalue weighted by atomic mass is 16.5. The first kappa shape index (κ1) is 17.6. The molecule has 3 fully saturated rings. The second kappa shape index (κ2) is 8.27. The molecule has 2 heterocycles. The average molecular weight is 359 g/mol. The van der Waals surface area contributed by atoms with Crippen LogP contribution in [0.3, 0.4) is 0 Å². The van der Waals surface area contributed by atoms with Gasteiger partial charge in [-0.3, -0.25) is 4.90 Å². The number of hydrogen-bond acceptors (Lipinski definition) is 4. The maximum absolute atomic E-state index is 12.9. The summed E-state index contributed by atoms with van der Waals surface area (Å²) in [6.45, 7) is 6.03. The van der Waals surface area contributed by atoms with Crippen LogP contribution in [0.5, 0.6) is 5.75 Å². The van der Waals surface area contributed by atoms with Gasteiger partial charge in [0.2, 0.25) is 0 Å². The fourth-order valence-electron chi connectivity index (χ4n) is 3.75. The van der Waals surface area contributed by atoms with E-state index in [1.165, 1.54) is 12.8 Å². The molecular weight excluding hydrogens is 330 g/mol. The lowest BCUT2D eigenvalue weighted by molar-refractivity contribution is 0.0296. The molecule has 142 valence electrons. The summed E-state index contributed by atoms with van der Waals surface area (Å²) in [7, 11) is 0. The van der Waals surface area contributed by atoms with Crippen LogP contribution in [0.4, 0.5) is 10.5 Å². The molecule has 2 aliphatic heterocycles. The number of rotatable bonds is 6. The van der Waals surface area contributed by atoms with Crippen molar-refractivity contribution >= 4 is 11.7 Å². The molecule has 1 aromatic carbocycles. The summed E-state index contributed by atoms with van der Waals surface area (Å²) in [5, 5.41) is 3.08. The van der Waals surface area contributed by atoms with Crippen LogP contribution < -0.4 is 10.1 Å². The summed E-state index contributed by atoms with van der Waals surface area (Å²) in [5.41, 5.74) is 0.773. The van der Waals surface area contributed by atoms with Crippen molar-refractivity contribution in [2.45, 2.75) is 31.7 Å². The smallest absolute Gasteiger partial charge is 0.322 e. The molecule has 6 nitrogen and oxygen atoms in total. The molecule has 0 radical (unpaired) electrons. The molecule has 2 saturated heterocycles. The Labute approximate surface area is 155 Å². The number of hydrogen-bond donors (Lipinski definition) is 1. The summed E-state index contributed by atoms with van der Waals surface area (Å²) in [6, 6.07) is 8.03. The molecule has 0 aromatic heterocycles. The van der Waals surface area contributed by atoms with Gasteiger partial charge in [0.15, 0.2) is 0 Å². The monoisotopic (exact) mass is 359 g/mol. The number of benzene rings is 1. The fraction of sp³-hybridized carbons (Fsp3) is 0.650. The molecule has 26 heavy (non-hydrogen) atoms. The molecule has 6 heteroatoms. The van der Waals surface area contributed by atoms with Crippen LogP contribution >= 0.6 is 0 Å². The topological polar surface area (TPSA) is 54.0 Å². The molecule has 1 atom stereocenters. The summed E-state index contributed by atoms with van der Waals surface area (Å²) in [4.78, 5) is 17.3. The molecule has 1 saturated carbocycles. The molecule has 1 aliphatic carbocycles. The van der Waals surface area contributed by atoms with Gasteiger partial charge in [-0.2, -0.15) is 0 Å². The highest BCUT2D eigenvalue weighted by Crippen LogP contribution is 2.32. The van der Waals surface area contributed by atoms with Crippen LogP contribution in [-0.4, -0.2) is 67.9 Å². The first-order valence-electron chi connectivity index (χ1n) is 9.89. The molecule has 0 spiro atoms. The van der Waals surface area contributed by atoms with Crippen LogP contribution in [0.1, 0.15) is 25.7 Å². The van der Waals surface area contributed by atoms with Gasteiger partial charge in [-0.1, -0.05) is 12.1 Å². The number of carbonyl (C=O) groups excluding carboxylic acids is 1. The Kier molecular flexibility index (Phi) is 5.60. The predicted molar refractivity (Wildman–Crippen MR) is 101 cm³/mol. The Morgan fingerprint density at radius 3 is 2.77 bits per heavy atom. The Bertz CT molecular complexity index is 614. The number of nitrogens with one attached hydrogen (secondary N) is 1. The van der Waals surface area contributed by atoms with E-state index in [-0.39, 0.29) is 12.1 Å². The first-order valence-corrected chi connectivity index (χ1v) is 9.89. The van der Waals surface area contributed by atoms with Gasteiger partial charge >= 0.3 is 6.03 Å². The van der Waals surface area contributed by atoms with E-state index >= 15 is 0 Å². The van der Waals surface area contributed by atoms with Crippen molar-refractivity contribution < 1.29 is 14.3 Å². The lowest BCUT2D eigenvalue weighted by atomic mass is 10.2. The third kappa shape index (κ3) is 4.48. The third-order valence-electron chi connectivity index (χ3n) is 5.51. The standard InChI is InChI=1S/C20H29N3O3/c24-20(21-18-5-1-2-6-19(18)26-15-16-7-8-16)23-9-3-4-17(23)14-22-10-12-25-13-11-22/h1-2,5-6,16-17H,3-4,7-15H2,(H,21,24). The van der Waals surface area contributed by atoms with E-state index in [2.05, 4.69) is 10.2 Å². The summed E-state index contributed by atoms with van der Waals surface area (Å²) < 4.78 is 11.3. The Morgan fingerprint density at radius 2 is 1.96 bits per heavy atom. The van der Waals surface area contributed by atoms with Crippen LogP contribution in [0, 0.1) is 5.92 Å². The van der Waals surface area contributed by atoms with Gasteiger partial charge in [-0.05, 0) is 43.7 Å². The summed E-state index contributed by atoms with van der Waals surface area (Å²) >= 11 is 0. The lowest BCUT2D eigenvalue weighted by Gasteiger charge is -2.33. The zero-order valence-corrected chi connectivity index (χ0v) is 15.4. The van der Waals surface area contributed by atoms with Crippen molar-refractivity contribution in [1.82, 2.24) is 9.80 Å². The maximum Gasteiger partial charge on any atom is 0.322 e. The van der Waals surface area contributed by atoms with Crippen molar-refractivity contribution in [2.75, 3.05) is 51.3 Å². The number of para-hydroxylation sites is 2. The van der Waals surface area contributed by atoms with Crippen LogP contribution in [0.25, 0.3) is 0 Å². The predicted octanol–water partition coefficient (Wildman–Crippen LogP) is 2.80. The number of likely N-dealkylation sites (tertiary alicyclic amines) is 1. The van der Waals surface area contributed by atoms with Crippen molar-refractivity contribution in [2.24, 2.45) is 5.92 Å². The second-order valence-electron chi connectivity index (χ2n) is 7.58. The summed E-state index contributed by atoms with van der Waals surface area (Å²) in [5.74, 6) is 1.46. The van der Waals surface area contributed by atoms with E-state index in [1.54, 1.807) is 0 Å². The minimum absolute atomic E-state index is 0.0109. The van der Waals surface area contributed by atoms with Crippen LogP contribution in [0.2, 0.25) is 0 Å².